The van der Waals surface area contributed by atoms with Gasteiger partial charge in [-0.25, -0.2) is 0 Å². The van der Waals surface area contributed by atoms with Gasteiger partial charge in [0, 0.05) is 4.83 Å². The lowest BCUT2D eigenvalue weighted by molar-refractivity contribution is 0.747. The third-order valence-corrected chi connectivity index (χ3v) is 1.96. The van der Waals surface area contributed by atoms with Gasteiger partial charge in [0.25, 0.3) is 0 Å². The zero-order valence-electron chi connectivity index (χ0n) is 4.23. The molecule has 0 aromatic rings. The molecular weight excluding hydrogens is 152 g/mol. The highest BCUT2D eigenvalue weighted by atomic mass is 79.9. The zero-order chi connectivity index (χ0) is 5.11. The van der Waals surface area contributed by atoms with Crippen molar-refractivity contribution in [2.45, 2.75) is 24.1 Å². The Morgan fingerprint density at radius 1 is 1.57 bits per heavy atom. The van der Waals surface area contributed by atoms with Crippen LogP contribution in [0.3, 0.4) is 0 Å². The molecule has 1 heteroatoms. The molecule has 0 saturated heterocycles. The van der Waals surface area contributed by atoms with Crippen LogP contribution in [0.15, 0.2) is 12.2 Å². The standard InChI is InChI=1S/C6H9Br/c7-6-4-2-1-3-5-6/h2,4,6H,1,3,5H2/t6-/m1/s1. The van der Waals surface area contributed by atoms with E-state index < -0.39 is 0 Å². The molecule has 0 nitrogen and oxygen atoms in total. The van der Waals surface area contributed by atoms with E-state index in [1.165, 1.54) is 19.3 Å². The van der Waals surface area contributed by atoms with Crippen molar-refractivity contribution >= 4 is 15.9 Å². The first-order valence-corrected chi connectivity index (χ1v) is 3.62. The Morgan fingerprint density at radius 2 is 2.43 bits per heavy atom. The minimum absolute atomic E-state index is 0.668. The molecule has 0 saturated carbocycles. The van der Waals surface area contributed by atoms with Crippen molar-refractivity contribution in [2.24, 2.45) is 0 Å². The molecule has 0 fully saturated rings. The molecule has 1 atom stereocenters. The number of alkyl halides is 1. The molecule has 0 amide bonds. The van der Waals surface area contributed by atoms with E-state index in [0.717, 1.165) is 0 Å². The van der Waals surface area contributed by atoms with Crippen LogP contribution in [0, 0.1) is 0 Å². The van der Waals surface area contributed by atoms with Crippen LogP contribution in [0.25, 0.3) is 0 Å². The summed E-state index contributed by atoms with van der Waals surface area (Å²) in [5.74, 6) is 0. The quantitative estimate of drug-likeness (QED) is 0.378. The maximum atomic E-state index is 3.50. The smallest absolute Gasteiger partial charge is 0.0325 e. The van der Waals surface area contributed by atoms with Gasteiger partial charge in [-0.3, -0.25) is 0 Å². The highest BCUT2D eigenvalue weighted by Gasteiger charge is 2.00. The second-order valence-electron chi connectivity index (χ2n) is 1.88. The zero-order valence-corrected chi connectivity index (χ0v) is 5.82. The van der Waals surface area contributed by atoms with Crippen molar-refractivity contribution in [1.29, 1.82) is 0 Å². The first-order chi connectivity index (χ1) is 3.39. The van der Waals surface area contributed by atoms with Crippen LogP contribution in [0.2, 0.25) is 0 Å². The Morgan fingerprint density at radius 3 is 2.71 bits per heavy atom. The third-order valence-electron chi connectivity index (χ3n) is 1.20. The van der Waals surface area contributed by atoms with E-state index in [2.05, 4.69) is 28.1 Å². The van der Waals surface area contributed by atoms with E-state index in [4.69, 9.17) is 0 Å². The van der Waals surface area contributed by atoms with E-state index in [1.807, 2.05) is 0 Å². The average Bonchev–Trinajstić information content (AvgIpc) is 1.69. The average molecular weight is 161 g/mol. The lowest BCUT2D eigenvalue weighted by atomic mass is 10.1. The number of hydrogen-bond acceptors (Lipinski definition) is 0. The number of halogens is 1. The number of hydrogen-bond donors (Lipinski definition) is 0. The van der Waals surface area contributed by atoms with E-state index >= 15 is 0 Å². The Hall–Kier alpha value is 0.220. The molecule has 7 heavy (non-hydrogen) atoms. The molecule has 0 heterocycles. The van der Waals surface area contributed by atoms with Crippen LogP contribution >= 0.6 is 15.9 Å². The summed E-state index contributed by atoms with van der Waals surface area (Å²) in [4.78, 5) is 0.668. The normalized spacial score (nSPS) is 30.7. The fraction of sp³-hybridized carbons (Fsp3) is 0.667. The summed E-state index contributed by atoms with van der Waals surface area (Å²) in [7, 11) is 0. The Balaban J connectivity index is 2.36. The van der Waals surface area contributed by atoms with Crippen LogP contribution in [-0.2, 0) is 0 Å². The summed E-state index contributed by atoms with van der Waals surface area (Å²) < 4.78 is 0. The van der Waals surface area contributed by atoms with Gasteiger partial charge in [-0.05, 0) is 19.3 Å². The highest BCUT2D eigenvalue weighted by Crippen LogP contribution is 2.16. The summed E-state index contributed by atoms with van der Waals surface area (Å²) in [6.45, 7) is 0. The summed E-state index contributed by atoms with van der Waals surface area (Å²) >= 11 is 3.50. The highest BCUT2D eigenvalue weighted by molar-refractivity contribution is 9.09. The Labute approximate surface area is 52.7 Å². The molecule has 1 aliphatic rings. The molecule has 0 aliphatic heterocycles. The molecule has 0 aromatic carbocycles. The van der Waals surface area contributed by atoms with Crippen molar-refractivity contribution < 1.29 is 0 Å². The molecule has 0 bridgehead atoms. The molecule has 40 valence electrons. The van der Waals surface area contributed by atoms with Gasteiger partial charge < -0.3 is 0 Å². The largest absolute Gasteiger partial charge is 0.0874 e. The minimum atomic E-state index is 0.668. The topological polar surface area (TPSA) is 0 Å². The van der Waals surface area contributed by atoms with Crippen molar-refractivity contribution in [3.05, 3.63) is 12.2 Å². The number of rotatable bonds is 0. The van der Waals surface area contributed by atoms with Crippen molar-refractivity contribution in [1.82, 2.24) is 0 Å². The van der Waals surface area contributed by atoms with Crippen LogP contribution < -0.4 is 0 Å². The van der Waals surface area contributed by atoms with Gasteiger partial charge in [0.15, 0.2) is 0 Å². The van der Waals surface area contributed by atoms with Crippen molar-refractivity contribution in [3.8, 4) is 0 Å². The predicted molar refractivity (Wildman–Crippen MR) is 35.7 cm³/mol. The molecule has 0 N–H and O–H groups in total. The van der Waals surface area contributed by atoms with Gasteiger partial charge in [-0.1, -0.05) is 28.1 Å². The summed E-state index contributed by atoms with van der Waals surface area (Å²) in [6, 6.07) is 0. The van der Waals surface area contributed by atoms with Gasteiger partial charge in [-0.15, -0.1) is 0 Å². The second-order valence-corrected chi connectivity index (χ2v) is 3.05. The Bertz CT molecular complexity index is 76.2. The Kier molecular flexibility index (Phi) is 1.92. The minimum Gasteiger partial charge on any atom is -0.0874 e. The van der Waals surface area contributed by atoms with Crippen LogP contribution in [0.4, 0.5) is 0 Å². The van der Waals surface area contributed by atoms with E-state index in [9.17, 15) is 0 Å². The molecule has 0 spiro atoms. The molecule has 0 unspecified atom stereocenters. The van der Waals surface area contributed by atoms with E-state index in [0.29, 0.717) is 4.83 Å². The molecule has 1 rings (SSSR count). The SMILES string of the molecule is Br[C@@H]1C=CCCC1. The van der Waals surface area contributed by atoms with Gasteiger partial charge in [0.1, 0.15) is 0 Å². The predicted octanol–water partition coefficient (Wildman–Crippen LogP) is 2.49. The monoisotopic (exact) mass is 160 g/mol. The van der Waals surface area contributed by atoms with Gasteiger partial charge in [-0.2, -0.15) is 0 Å². The van der Waals surface area contributed by atoms with Gasteiger partial charge in [0.2, 0.25) is 0 Å². The molecular formula is C6H9Br. The molecule has 0 radical (unpaired) electrons. The fourth-order valence-electron chi connectivity index (χ4n) is 0.771. The molecule has 1 aliphatic carbocycles. The van der Waals surface area contributed by atoms with E-state index in [-0.39, 0.29) is 0 Å². The first-order valence-electron chi connectivity index (χ1n) is 2.70. The van der Waals surface area contributed by atoms with E-state index in [1.54, 1.807) is 0 Å². The second kappa shape index (κ2) is 2.51. The van der Waals surface area contributed by atoms with Gasteiger partial charge >= 0.3 is 0 Å². The summed E-state index contributed by atoms with van der Waals surface area (Å²) in [5, 5.41) is 0. The van der Waals surface area contributed by atoms with Gasteiger partial charge in [0.05, 0.1) is 0 Å². The fourth-order valence-corrected chi connectivity index (χ4v) is 1.31. The summed E-state index contributed by atoms with van der Waals surface area (Å²) in [5.41, 5.74) is 0. The van der Waals surface area contributed by atoms with Crippen LogP contribution in [0.1, 0.15) is 19.3 Å². The van der Waals surface area contributed by atoms with Crippen molar-refractivity contribution in [2.75, 3.05) is 0 Å². The summed E-state index contributed by atoms with van der Waals surface area (Å²) in [6.07, 6.45) is 8.41. The lowest BCUT2D eigenvalue weighted by Gasteiger charge is -2.06. The first kappa shape index (κ1) is 5.36. The lowest BCUT2D eigenvalue weighted by Crippen LogP contribution is -1.95. The van der Waals surface area contributed by atoms with Crippen LogP contribution in [-0.4, -0.2) is 4.83 Å². The maximum Gasteiger partial charge on any atom is 0.0325 e. The molecule has 0 aromatic heterocycles. The maximum absolute atomic E-state index is 3.50. The third kappa shape index (κ3) is 1.64. The van der Waals surface area contributed by atoms with Crippen molar-refractivity contribution in [3.63, 3.8) is 0 Å². The number of allylic oxidation sites excluding steroid dienone is 2. The van der Waals surface area contributed by atoms with Crippen LogP contribution in [0.5, 0.6) is 0 Å².